The van der Waals surface area contributed by atoms with Crippen LogP contribution >= 0.6 is 0 Å². The highest BCUT2D eigenvalue weighted by Gasteiger charge is 2.46. The number of halogens is 9. The van der Waals surface area contributed by atoms with E-state index in [0.29, 0.717) is 123 Å². The molecule has 5 N–H and O–H groups in total. The Balaban J connectivity index is 0.000000237. The monoisotopic (exact) mass is 2030 g/mol. The number of aryl methyl sites for hydroxylation is 1. The highest BCUT2D eigenvalue weighted by Crippen LogP contribution is 2.51. The summed E-state index contributed by atoms with van der Waals surface area (Å²) >= 11 is 0. The third kappa shape index (κ3) is 40.7. The van der Waals surface area contributed by atoms with Gasteiger partial charge in [0.15, 0.2) is 0 Å². The summed E-state index contributed by atoms with van der Waals surface area (Å²) in [6, 6.07) is 79.0. The molecule has 804 valence electrons. The third-order valence-electron chi connectivity index (χ3n) is 33.8. The van der Waals surface area contributed by atoms with Crippen LogP contribution in [0.2, 0.25) is 0 Å². The Bertz CT molecular complexity index is 5070. The summed E-state index contributed by atoms with van der Waals surface area (Å²) in [6.45, 7) is 36.8. The molecule has 7 aliphatic rings. The molecule has 0 bridgehead atoms. The molecule has 1 saturated heterocycles. The maximum atomic E-state index is 13.0. The molecule has 14 rings (SSSR count). The van der Waals surface area contributed by atoms with E-state index in [4.69, 9.17) is 21.0 Å². The second-order valence-electron chi connectivity index (χ2n) is 45.4. The molecule has 21 heteroatoms. The van der Waals surface area contributed by atoms with Gasteiger partial charge in [0.2, 0.25) is 0 Å². The van der Waals surface area contributed by atoms with E-state index in [9.17, 15) is 50.0 Å². The van der Waals surface area contributed by atoms with E-state index in [1.807, 2.05) is 6.07 Å². The quantitative estimate of drug-likeness (QED) is 0.0267. The van der Waals surface area contributed by atoms with Crippen LogP contribution < -0.4 is 26.6 Å². The molecule has 6 saturated carbocycles. The van der Waals surface area contributed by atoms with E-state index < -0.39 is 36.4 Å². The lowest BCUT2D eigenvalue weighted by atomic mass is 9.64. The van der Waals surface area contributed by atoms with Crippen molar-refractivity contribution >= 4 is 0 Å². The largest absolute Gasteiger partial charge is 0.416 e. The van der Waals surface area contributed by atoms with Gasteiger partial charge in [-0.2, -0.15) is 71.1 Å². The van der Waals surface area contributed by atoms with Crippen LogP contribution in [0.25, 0.3) is 11.1 Å². The fraction of sp³-hybridized carbons (Fsp3) is 0.619. The van der Waals surface area contributed by atoms with Crippen LogP contribution in [-0.4, -0.2) is 66.6 Å². The van der Waals surface area contributed by atoms with E-state index >= 15 is 0 Å². The van der Waals surface area contributed by atoms with Crippen LogP contribution in [0.15, 0.2) is 188 Å². The SMILES string of the molecule is CC(C)C1(CC#N)CCC(NC(c2ccccc2)c2ccccc2)CC1.CC(C)C1(CC#N)CCC(NCc2cccc(CC(F)(F)F)c2)CC1.CC(C)C1(CC#N)CCC(NCc2ccccc2-c2ccccc2)CC1.CC(C)C1(CC#N)CCC(NCc2ccccc2C(F)(F)F)CC1.CC1(CC#N)CCC(N2CCC(C(F)(F)F)CC2)CC1.CCC.CCC.CCc1ccccc1CNC1CCC(C)(CC#N)CC1. The Morgan fingerprint density at radius 3 is 1.03 bits per heavy atom. The van der Waals surface area contributed by atoms with Gasteiger partial charge in [-0.15, -0.1) is 0 Å². The number of benzene rings is 7. The number of hydrogen-bond donors (Lipinski definition) is 5. The van der Waals surface area contributed by atoms with Crippen molar-refractivity contribution in [3.05, 3.63) is 238 Å². The Morgan fingerprint density at radius 2 is 0.660 bits per heavy atom. The lowest BCUT2D eigenvalue weighted by Gasteiger charge is -2.43. The van der Waals surface area contributed by atoms with Gasteiger partial charge in [-0.05, 0) is 304 Å². The molecular formula is C126H177F9N12. The van der Waals surface area contributed by atoms with E-state index in [2.05, 4.69) is 311 Å². The molecule has 1 heterocycles. The van der Waals surface area contributed by atoms with E-state index in [0.717, 1.165) is 147 Å². The molecule has 7 fully saturated rings. The first-order chi connectivity index (χ1) is 70.1. The molecule has 6 aliphatic carbocycles. The van der Waals surface area contributed by atoms with Crippen molar-refractivity contribution in [1.29, 1.82) is 31.6 Å². The molecule has 0 spiro atoms. The van der Waals surface area contributed by atoms with Crippen LogP contribution in [0, 0.1) is 130 Å². The summed E-state index contributed by atoms with van der Waals surface area (Å²) in [5.41, 5.74) is 11.4. The minimum atomic E-state index is -4.32. The Morgan fingerprint density at radius 1 is 0.340 bits per heavy atom. The van der Waals surface area contributed by atoms with Crippen LogP contribution in [0.1, 0.15) is 378 Å². The normalized spacial score (nSPS) is 24.7. The second kappa shape index (κ2) is 62.4. The van der Waals surface area contributed by atoms with Crippen LogP contribution in [0.3, 0.4) is 0 Å². The number of alkyl halides is 9. The van der Waals surface area contributed by atoms with Gasteiger partial charge in [-0.25, -0.2) is 0 Å². The third-order valence-corrected chi connectivity index (χ3v) is 33.8. The van der Waals surface area contributed by atoms with E-state index in [-0.39, 0.29) is 64.0 Å². The van der Waals surface area contributed by atoms with Crippen LogP contribution in [-0.2, 0) is 45.2 Å². The zero-order valence-electron chi connectivity index (χ0n) is 91.6. The maximum Gasteiger partial charge on any atom is 0.416 e. The molecule has 0 aromatic heterocycles. The van der Waals surface area contributed by atoms with Crippen LogP contribution in [0.5, 0.6) is 0 Å². The Kier molecular flexibility index (Phi) is 52.9. The van der Waals surface area contributed by atoms with Crippen molar-refractivity contribution in [3.63, 3.8) is 0 Å². The Hall–Kier alpha value is -9.39. The second-order valence-corrected chi connectivity index (χ2v) is 45.4. The number of nitrogens with zero attached hydrogens (tertiary/aromatic N) is 7. The fourth-order valence-corrected chi connectivity index (χ4v) is 23.1. The number of nitrogens with one attached hydrogen (secondary N) is 5. The van der Waals surface area contributed by atoms with Crippen molar-refractivity contribution in [2.75, 3.05) is 13.1 Å². The topological polar surface area (TPSA) is 206 Å². The lowest BCUT2D eigenvalue weighted by molar-refractivity contribution is -0.186. The summed E-state index contributed by atoms with van der Waals surface area (Å²) in [7, 11) is 0. The highest BCUT2D eigenvalue weighted by atomic mass is 19.4. The number of hydrogen-bond acceptors (Lipinski definition) is 12. The minimum absolute atomic E-state index is 0.0663. The summed E-state index contributed by atoms with van der Waals surface area (Å²) in [4.78, 5) is 2.24. The molecular weight excluding hydrogens is 1850 g/mol. The maximum absolute atomic E-state index is 13.0. The van der Waals surface area contributed by atoms with E-state index in [1.165, 1.54) is 109 Å². The zero-order valence-corrected chi connectivity index (χ0v) is 91.6. The molecule has 0 atom stereocenters. The van der Waals surface area contributed by atoms with Crippen molar-refractivity contribution < 1.29 is 39.5 Å². The molecule has 7 aromatic rings. The molecule has 7 aromatic carbocycles. The number of piperidine rings is 1. The molecule has 147 heavy (non-hydrogen) atoms. The summed E-state index contributed by atoms with van der Waals surface area (Å²) in [6.07, 6.45) is 20.5. The number of likely N-dealkylation sites (tertiary alicyclic amines) is 1. The lowest BCUT2D eigenvalue weighted by Crippen LogP contribution is -2.46. The summed E-state index contributed by atoms with van der Waals surface area (Å²) < 4.78 is 115. The van der Waals surface area contributed by atoms with Gasteiger partial charge >= 0.3 is 18.5 Å². The first-order valence-electron chi connectivity index (χ1n) is 55.5. The van der Waals surface area contributed by atoms with Crippen molar-refractivity contribution in [3.8, 4) is 47.5 Å². The molecule has 0 unspecified atom stereocenters. The van der Waals surface area contributed by atoms with Crippen molar-refractivity contribution in [2.45, 2.75) is 422 Å². The average Bonchev–Trinajstić information content (AvgIpc) is 0.809. The Labute approximate surface area is 880 Å². The predicted octanol–water partition coefficient (Wildman–Crippen LogP) is 33.6. The van der Waals surface area contributed by atoms with Gasteiger partial charge in [0.05, 0.1) is 60.4 Å². The predicted molar refractivity (Wildman–Crippen MR) is 583 cm³/mol. The van der Waals surface area contributed by atoms with Crippen molar-refractivity contribution in [2.24, 2.45) is 62.1 Å². The molecule has 1 aliphatic heterocycles. The molecule has 12 nitrogen and oxygen atoms in total. The van der Waals surface area contributed by atoms with Gasteiger partial charge in [-0.3, -0.25) is 0 Å². The fourth-order valence-electron chi connectivity index (χ4n) is 23.1. The van der Waals surface area contributed by atoms with E-state index in [1.54, 1.807) is 18.2 Å². The van der Waals surface area contributed by atoms with Crippen LogP contribution in [0.4, 0.5) is 39.5 Å². The first-order valence-corrected chi connectivity index (χ1v) is 55.5. The van der Waals surface area contributed by atoms with Gasteiger partial charge < -0.3 is 31.5 Å². The van der Waals surface area contributed by atoms with Crippen molar-refractivity contribution in [1.82, 2.24) is 31.5 Å². The number of nitriles is 6. The minimum Gasteiger partial charge on any atom is -0.310 e. The highest BCUT2D eigenvalue weighted by molar-refractivity contribution is 5.67. The zero-order chi connectivity index (χ0) is 108. The summed E-state index contributed by atoms with van der Waals surface area (Å²) in [5, 5.41) is 72.6. The number of rotatable bonds is 30. The van der Waals surface area contributed by atoms with Gasteiger partial charge in [-0.1, -0.05) is 299 Å². The van der Waals surface area contributed by atoms with Gasteiger partial charge in [0.25, 0.3) is 0 Å². The summed E-state index contributed by atoms with van der Waals surface area (Å²) in [5.74, 6) is 0.992. The average molecular weight is 2030 g/mol. The standard InChI is InChI=1S/2C24H30N2.C20H27F3N2.C19H25F3N2.C18H26N2.C15H23F3N2.2C3H8/c1-19(2)24(17-18-25)15-13-22(14-16-24)26-23(20-9-5-3-6-10-20)21-11-7-4-8-12-21;1-19(2)24(16-17-25)14-12-22(13-15-24)26-18-21-10-6-7-11-23(21)20-8-4-3-5-9-20;1-15(2)19(10-11-24)8-6-18(7-9-19)25-14-17-5-3-4-16(12-17)13-20(21,22)23;1-14(2)18(11-12-23)9-7-16(8-10-18)24-13-15-5-3-4-6-17(15)19(20,21)22;1-3-15-6-4-5-7-16(15)14-20-17-8-10-18(2,11-9-17)12-13-19;1-14(8-9-19)6-2-13(3-7-14)20-10-4-12(5-11-20)15(16,17)18;2*1-3-2/h3-12,19,22-23,26H,13-17H2,1-2H3;3-11,19,22,26H,12-16,18H2,1-2H3;3-5,12,15,18,25H,6-10,13-14H2,1-2H3;3-6,14,16,24H,7-11,13H2,1-2H3;4-7,17,20H,3,8-12,14H2,1-2H3;12-13H,2-8,10-11H2,1H3;2*3H2,1-2H3. The molecule has 0 radical (unpaired) electrons. The van der Waals surface area contributed by atoms with Gasteiger partial charge in [0, 0.05) is 101 Å². The van der Waals surface area contributed by atoms with Gasteiger partial charge in [0.1, 0.15) is 0 Å². The smallest absolute Gasteiger partial charge is 0.310 e. The molecule has 0 amide bonds. The first kappa shape index (κ1) is 125.